The van der Waals surface area contributed by atoms with Gasteiger partial charge in [0.05, 0.1) is 22.2 Å². The number of aliphatic carboxylic acids is 1. The van der Waals surface area contributed by atoms with E-state index in [2.05, 4.69) is 0 Å². The summed E-state index contributed by atoms with van der Waals surface area (Å²) in [7, 11) is -1.51. The van der Waals surface area contributed by atoms with Gasteiger partial charge < -0.3 is 14.6 Å². The number of hydrogen-bond acceptors (Lipinski definition) is 6. The molecule has 1 aromatic rings. The van der Waals surface area contributed by atoms with Crippen molar-refractivity contribution in [2.24, 2.45) is 0 Å². The van der Waals surface area contributed by atoms with Crippen molar-refractivity contribution in [1.29, 1.82) is 0 Å². The van der Waals surface area contributed by atoms with E-state index in [1.807, 2.05) is 6.07 Å². The first kappa shape index (κ1) is 21.7. The van der Waals surface area contributed by atoms with Gasteiger partial charge in [-0.1, -0.05) is 6.07 Å². The van der Waals surface area contributed by atoms with E-state index in [0.29, 0.717) is 30.6 Å². The maximum Gasteiger partial charge on any atom is 0.352 e. The molecule has 166 valence electrons. The number of ether oxygens (including phenoxy) is 2. The molecule has 2 heterocycles. The highest BCUT2D eigenvalue weighted by molar-refractivity contribution is 7.86. The number of β-lactam (4-membered cyclic amide) rings is 1. The van der Waals surface area contributed by atoms with Crippen LogP contribution < -0.4 is 4.74 Å². The molecule has 3 aliphatic rings. The minimum absolute atomic E-state index is 0.0104. The first-order chi connectivity index (χ1) is 14.5. The summed E-state index contributed by atoms with van der Waals surface area (Å²) in [4.78, 5) is 37.4. The molecule has 0 bridgehead atoms. The molecule has 1 unspecified atom stereocenters. The predicted molar refractivity (Wildman–Crippen MR) is 112 cm³/mol. The molecular weight excluding hydrogens is 422 g/mol. The van der Waals surface area contributed by atoms with Gasteiger partial charge in [-0.05, 0) is 50.5 Å². The second-order valence-electron chi connectivity index (χ2n) is 8.97. The molecule has 1 N–H and O–H groups in total. The summed E-state index contributed by atoms with van der Waals surface area (Å²) >= 11 is 0. The van der Waals surface area contributed by atoms with Crippen LogP contribution in [0, 0.1) is 0 Å². The first-order valence-corrected chi connectivity index (χ1v) is 11.5. The van der Waals surface area contributed by atoms with E-state index in [9.17, 15) is 23.7 Å². The number of benzene rings is 1. The number of nitrogens with zero attached hydrogens (tertiary/aromatic N) is 1. The summed E-state index contributed by atoms with van der Waals surface area (Å²) in [6, 6.07) is 5.48. The van der Waals surface area contributed by atoms with Crippen molar-refractivity contribution in [3.8, 4) is 5.75 Å². The summed E-state index contributed by atoms with van der Waals surface area (Å²) in [6.45, 7) is 5.25. The quantitative estimate of drug-likeness (QED) is 0.682. The lowest BCUT2D eigenvalue weighted by Crippen LogP contribution is -2.70. The zero-order valence-corrected chi connectivity index (χ0v) is 18.5. The van der Waals surface area contributed by atoms with E-state index in [-0.39, 0.29) is 23.8 Å². The minimum atomic E-state index is -1.51. The van der Waals surface area contributed by atoms with Crippen LogP contribution in [0.4, 0.5) is 0 Å². The molecule has 8 nitrogen and oxygen atoms in total. The van der Waals surface area contributed by atoms with Gasteiger partial charge >= 0.3 is 5.97 Å². The summed E-state index contributed by atoms with van der Waals surface area (Å²) in [5, 5.41) is 8.94. The Kier molecular flexibility index (Phi) is 5.51. The van der Waals surface area contributed by atoms with Crippen molar-refractivity contribution in [3.63, 3.8) is 0 Å². The molecule has 1 saturated heterocycles. The molecule has 1 aromatic carbocycles. The third kappa shape index (κ3) is 4.16. The number of carbonyl (C=O) groups is 3. The smallest absolute Gasteiger partial charge is 0.352 e. The van der Waals surface area contributed by atoms with E-state index in [1.54, 1.807) is 32.9 Å². The Hall–Kier alpha value is -2.52. The van der Waals surface area contributed by atoms with Crippen LogP contribution in [0.15, 0.2) is 29.5 Å². The van der Waals surface area contributed by atoms with Gasteiger partial charge in [0.2, 0.25) is 0 Å². The maximum absolute atomic E-state index is 12.8. The van der Waals surface area contributed by atoms with Crippen molar-refractivity contribution in [1.82, 2.24) is 4.90 Å². The average Bonchev–Trinajstić information content (AvgIpc) is 2.68. The molecule has 1 aliphatic carbocycles. The number of carboxylic acid groups (broad SMARTS) is 1. The first-order valence-electron chi connectivity index (χ1n) is 10.1. The molecule has 0 radical (unpaired) electrons. The standard InChI is InChI=1S/C22H25NO7S/c1-22(2,3)30-18-19(25)23-17(21(26)27)14(11-31(28)20(18)23)10-29-16-7-5-12-4-6-15(24)8-13(12)9-16/h5,7,9,18,20H,4,6,8,10-11H2,1-3H3,(H,26,27)/t18-,20+,31?/m0/s1. The largest absolute Gasteiger partial charge is 0.489 e. The fraction of sp³-hybridized carbons (Fsp3) is 0.500. The molecule has 1 amide bonds. The fourth-order valence-electron chi connectivity index (χ4n) is 4.13. The van der Waals surface area contributed by atoms with Gasteiger partial charge in [0, 0.05) is 18.4 Å². The van der Waals surface area contributed by atoms with Crippen LogP contribution >= 0.6 is 0 Å². The molecule has 3 atom stereocenters. The SMILES string of the molecule is CC(C)(C)O[C@H]1C(=O)N2C(C(=O)O)=C(COc3ccc4c(c3)CC(=O)CC4)CS(=O)[C@H]12. The normalized spacial score (nSPS) is 25.6. The van der Waals surface area contributed by atoms with Crippen molar-refractivity contribution >= 4 is 28.5 Å². The van der Waals surface area contributed by atoms with E-state index < -0.39 is 39.8 Å². The zero-order valence-electron chi connectivity index (χ0n) is 17.7. The van der Waals surface area contributed by atoms with Crippen molar-refractivity contribution in [3.05, 3.63) is 40.6 Å². The zero-order chi connectivity index (χ0) is 22.5. The lowest BCUT2D eigenvalue weighted by atomic mass is 9.91. The lowest BCUT2D eigenvalue weighted by Gasteiger charge is -2.50. The number of carboxylic acids is 1. The number of carbonyl (C=O) groups excluding carboxylic acids is 2. The highest BCUT2D eigenvalue weighted by atomic mass is 32.2. The Morgan fingerprint density at radius 1 is 1.23 bits per heavy atom. The van der Waals surface area contributed by atoms with Gasteiger partial charge in [0.15, 0.2) is 6.10 Å². The molecule has 4 rings (SSSR count). The molecular formula is C22H25NO7S. The van der Waals surface area contributed by atoms with E-state index >= 15 is 0 Å². The van der Waals surface area contributed by atoms with Gasteiger partial charge in [-0.15, -0.1) is 0 Å². The highest BCUT2D eigenvalue weighted by Crippen LogP contribution is 2.38. The summed E-state index contributed by atoms with van der Waals surface area (Å²) in [6.07, 6.45) is 0.686. The molecule has 9 heteroatoms. The molecule has 0 spiro atoms. The van der Waals surface area contributed by atoms with E-state index in [4.69, 9.17) is 9.47 Å². The third-order valence-electron chi connectivity index (χ3n) is 5.49. The molecule has 0 aromatic heterocycles. The molecule has 2 aliphatic heterocycles. The number of amides is 1. The Bertz CT molecular complexity index is 1020. The Morgan fingerprint density at radius 2 is 1.97 bits per heavy atom. The van der Waals surface area contributed by atoms with Crippen LogP contribution in [0.2, 0.25) is 0 Å². The minimum Gasteiger partial charge on any atom is -0.489 e. The van der Waals surface area contributed by atoms with Crippen LogP contribution in [0.5, 0.6) is 5.75 Å². The predicted octanol–water partition coefficient (Wildman–Crippen LogP) is 1.58. The van der Waals surface area contributed by atoms with Gasteiger partial charge in [-0.3, -0.25) is 18.7 Å². The number of ketones is 1. The molecule has 1 fully saturated rings. The summed E-state index contributed by atoms with van der Waals surface area (Å²) in [5.74, 6) is -1.10. The Balaban J connectivity index is 1.55. The second-order valence-corrected chi connectivity index (χ2v) is 10.5. The van der Waals surface area contributed by atoms with Gasteiger partial charge in [0.1, 0.15) is 29.2 Å². The monoisotopic (exact) mass is 447 g/mol. The van der Waals surface area contributed by atoms with Crippen molar-refractivity contribution in [2.45, 2.75) is 57.1 Å². The van der Waals surface area contributed by atoms with E-state index in [1.165, 1.54) is 0 Å². The number of Topliss-reactive ketones (excluding diaryl/α,β-unsaturated/α-hetero) is 1. The van der Waals surface area contributed by atoms with Crippen LogP contribution in [0.1, 0.15) is 38.3 Å². The fourth-order valence-corrected chi connectivity index (χ4v) is 5.75. The Labute approximate surface area is 182 Å². The number of hydrogen-bond donors (Lipinski definition) is 1. The second kappa shape index (κ2) is 7.87. The highest BCUT2D eigenvalue weighted by Gasteiger charge is 2.58. The van der Waals surface area contributed by atoms with E-state index in [0.717, 1.165) is 16.0 Å². The van der Waals surface area contributed by atoms with Gasteiger partial charge in [-0.25, -0.2) is 4.79 Å². The van der Waals surface area contributed by atoms with Gasteiger partial charge in [0.25, 0.3) is 5.91 Å². The Morgan fingerprint density at radius 3 is 2.65 bits per heavy atom. The lowest BCUT2D eigenvalue weighted by molar-refractivity contribution is -0.178. The average molecular weight is 448 g/mol. The topological polar surface area (TPSA) is 110 Å². The summed E-state index contributed by atoms with van der Waals surface area (Å²) in [5.41, 5.74) is 1.50. The number of fused-ring (bicyclic) bond motifs is 2. The molecule has 0 saturated carbocycles. The third-order valence-corrected chi connectivity index (χ3v) is 7.12. The van der Waals surface area contributed by atoms with Crippen LogP contribution in [0.25, 0.3) is 0 Å². The molecule has 31 heavy (non-hydrogen) atoms. The van der Waals surface area contributed by atoms with Crippen LogP contribution in [-0.4, -0.2) is 61.3 Å². The van der Waals surface area contributed by atoms with Gasteiger partial charge in [-0.2, -0.15) is 0 Å². The number of rotatable bonds is 5. The van der Waals surface area contributed by atoms with Crippen molar-refractivity contribution in [2.75, 3.05) is 12.4 Å². The van der Waals surface area contributed by atoms with Crippen LogP contribution in [0.3, 0.4) is 0 Å². The van der Waals surface area contributed by atoms with Crippen molar-refractivity contribution < 1.29 is 33.2 Å². The maximum atomic E-state index is 12.8. The summed E-state index contributed by atoms with van der Waals surface area (Å²) < 4.78 is 24.3. The van der Waals surface area contributed by atoms with Crippen LogP contribution in [-0.2, 0) is 42.8 Å². The number of aryl methyl sites for hydroxylation is 1.